The van der Waals surface area contributed by atoms with Crippen LogP contribution in [-0.2, 0) is 94.8 Å². The van der Waals surface area contributed by atoms with Crippen LogP contribution in [0.3, 0.4) is 0 Å². The van der Waals surface area contributed by atoms with Crippen LogP contribution in [0.2, 0.25) is 0 Å². The van der Waals surface area contributed by atoms with Crippen LogP contribution >= 0.6 is 0 Å². The maximum atomic E-state index is 11.3. The van der Waals surface area contributed by atoms with Crippen molar-refractivity contribution >= 4 is 5.97 Å². The fourth-order valence-electron chi connectivity index (χ4n) is 4.38. The Morgan fingerprint density at radius 1 is 0.266 bits per heavy atom. The molecule has 0 unspecified atom stereocenters. The summed E-state index contributed by atoms with van der Waals surface area (Å²) in [6, 6.07) is 0. The van der Waals surface area contributed by atoms with Gasteiger partial charge in [0.2, 0.25) is 0 Å². The minimum absolute atomic E-state index is 0.0188. The molecular formula is C43H84O21. The van der Waals surface area contributed by atoms with E-state index >= 15 is 0 Å². The van der Waals surface area contributed by atoms with Gasteiger partial charge >= 0.3 is 5.97 Å². The Morgan fingerprint density at radius 3 is 0.547 bits per heavy atom. The molecule has 0 amide bonds. The molecule has 0 spiro atoms. The third-order valence-corrected chi connectivity index (χ3v) is 7.44. The molecule has 0 rings (SSSR count). The minimum Gasteiger partial charge on any atom is -0.460 e. The zero-order chi connectivity index (χ0) is 46.2. The maximum absolute atomic E-state index is 11.3. The summed E-state index contributed by atoms with van der Waals surface area (Å²) in [4.78, 5) is 11.3. The first-order chi connectivity index (χ1) is 31.7. The number of hydrogen-bond donors (Lipinski definition) is 1. The molecule has 382 valence electrons. The summed E-state index contributed by atoms with van der Waals surface area (Å²) in [5.41, 5.74) is 0.894. The molecule has 0 fully saturated rings. The van der Waals surface area contributed by atoms with Crippen molar-refractivity contribution in [1.29, 1.82) is 0 Å². The van der Waals surface area contributed by atoms with Gasteiger partial charge in [-0.3, -0.25) is 0 Å². The zero-order valence-electron chi connectivity index (χ0n) is 39.1. The lowest BCUT2D eigenvalue weighted by Crippen LogP contribution is -2.16. The lowest BCUT2D eigenvalue weighted by atomic mass is 10.3. The third-order valence-electron chi connectivity index (χ3n) is 7.44. The number of allylic oxidation sites excluding steroid dienone is 1. The topological polar surface area (TPSA) is 213 Å². The van der Waals surface area contributed by atoms with Crippen molar-refractivity contribution < 1.29 is 99.9 Å². The van der Waals surface area contributed by atoms with Gasteiger partial charge in [0.25, 0.3) is 0 Å². The third kappa shape index (κ3) is 58.5. The fourth-order valence-corrected chi connectivity index (χ4v) is 4.38. The standard InChI is InChI=1S/C43H84O21/c1-42(2)41-43(45)64-40-39-63-38-37-62-36-35-61-34-33-60-32-31-59-30-29-58-28-27-57-26-25-56-24-23-55-22-21-54-20-19-53-18-17-52-16-15-51-14-13-50-12-11-49-10-9-48-8-7-47-6-5-46-4-3-44/h41,44H,3-40H2,1-2H3. The molecule has 21 nitrogen and oxygen atoms in total. The first-order valence-corrected chi connectivity index (χ1v) is 22.5. The summed E-state index contributed by atoms with van der Waals surface area (Å²) in [7, 11) is 0. The Hall–Kier alpha value is -1.55. The number of carbonyl (C=O) groups excluding carboxylic acids is 1. The summed E-state index contributed by atoms with van der Waals surface area (Å²) < 4.78 is 103. The predicted octanol–water partition coefficient (Wildman–Crippen LogP) is 0.787. The summed E-state index contributed by atoms with van der Waals surface area (Å²) in [5.74, 6) is -0.358. The highest BCUT2D eigenvalue weighted by molar-refractivity contribution is 5.82. The molecule has 0 heterocycles. The van der Waals surface area contributed by atoms with E-state index < -0.39 is 0 Å². The lowest BCUT2D eigenvalue weighted by Gasteiger charge is -2.09. The molecule has 0 aromatic heterocycles. The molecule has 0 atom stereocenters. The highest BCUT2D eigenvalue weighted by Gasteiger charge is 2.00. The molecule has 0 aromatic rings. The van der Waals surface area contributed by atoms with E-state index in [2.05, 4.69) is 0 Å². The molecule has 0 aliphatic heterocycles. The monoisotopic (exact) mass is 937 g/mol. The van der Waals surface area contributed by atoms with Gasteiger partial charge in [-0.15, -0.1) is 0 Å². The summed E-state index contributed by atoms with van der Waals surface area (Å²) in [6.45, 7) is 21.0. The van der Waals surface area contributed by atoms with Gasteiger partial charge in [0, 0.05) is 6.08 Å². The number of hydrogen-bond acceptors (Lipinski definition) is 21. The molecule has 0 aliphatic carbocycles. The number of carbonyl (C=O) groups is 1. The van der Waals surface area contributed by atoms with Gasteiger partial charge in [0.1, 0.15) is 6.61 Å². The maximum Gasteiger partial charge on any atom is 0.330 e. The van der Waals surface area contributed by atoms with E-state index in [1.165, 1.54) is 6.08 Å². The van der Waals surface area contributed by atoms with Crippen LogP contribution in [0.5, 0.6) is 0 Å². The van der Waals surface area contributed by atoms with Crippen molar-refractivity contribution in [2.24, 2.45) is 0 Å². The van der Waals surface area contributed by atoms with Crippen LogP contribution in [0, 0.1) is 0 Å². The Kier molecular flexibility index (Phi) is 56.2. The minimum atomic E-state index is -0.358. The van der Waals surface area contributed by atoms with Gasteiger partial charge in [-0.05, 0) is 13.8 Å². The SMILES string of the molecule is CC(C)=CC(=O)OCCOCCOCCOCCOCCOCCOCCOCCOCCOCCOCCOCCOCCOCCOCCOCCOCCOCCOCCO. The molecule has 1 N–H and O–H groups in total. The van der Waals surface area contributed by atoms with Crippen LogP contribution in [0.1, 0.15) is 13.8 Å². The second-order valence-corrected chi connectivity index (χ2v) is 13.1. The second kappa shape index (κ2) is 57.6. The summed E-state index contributed by atoms with van der Waals surface area (Å²) in [5, 5.41) is 8.60. The van der Waals surface area contributed by atoms with Gasteiger partial charge in [-0.25, -0.2) is 4.79 Å². The predicted molar refractivity (Wildman–Crippen MR) is 232 cm³/mol. The number of aliphatic hydroxyl groups is 1. The molecule has 64 heavy (non-hydrogen) atoms. The van der Waals surface area contributed by atoms with Crippen molar-refractivity contribution in [3.05, 3.63) is 11.6 Å². The number of ether oxygens (including phenoxy) is 19. The van der Waals surface area contributed by atoms with Crippen LogP contribution in [-0.4, -0.2) is 262 Å². The van der Waals surface area contributed by atoms with Gasteiger partial charge in [-0.1, -0.05) is 5.57 Å². The van der Waals surface area contributed by atoms with E-state index in [1.54, 1.807) is 0 Å². The zero-order valence-corrected chi connectivity index (χ0v) is 39.1. The molecule has 21 heteroatoms. The fraction of sp³-hybridized carbons (Fsp3) is 0.930. The highest BCUT2D eigenvalue weighted by Crippen LogP contribution is 1.92. The van der Waals surface area contributed by atoms with E-state index in [1.807, 2.05) is 13.8 Å². The Morgan fingerprint density at radius 2 is 0.406 bits per heavy atom. The Labute approximate surface area is 381 Å². The quantitative estimate of drug-likeness (QED) is 0.0507. The smallest absolute Gasteiger partial charge is 0.330 e. The largest absolute Gasteiger partial charge is 0.460 e. The van der Waals surface area contributed by atoms with E-state index in [0.29, 0.717) is 238 Å². The van der Waals surface area contributed by atoms with Crippen molar-refractivity contribution in [2.45, 2.75) is 13.8 Å². The van der Waals surface area contributed by atoms with Crippen LogP contribution < -0.4 is 0 Å². The summed E-state index contributed by atoms with van der Waals surface area (Å²) >= 11 is 0. The lowest BCUT2D eigenvalue weighted by molar-refractivity contribution is -0.139. The van der Waals surface area contributed by atoms with Gasteiger partial charge in [0.05, 0.1) is 244 Å². The average molecular weight is 937 g/mol. The average Bonchev–Trinajstić information content (AvgIpc) is 3.28. The van der Waals surface area contributed by atoms with E-state index in [9.17, 15) is 4.79 Å². The molecule has 0 radical (unpaired) electrons. The van der Waals surface area contributed by atoms with Crippen LogP contribution in [0.25, 0.3) is 0 Å². The van der Waals surface area contributed by atoms with Gasteiger partial charge in [0.15, 0.2) is 0 Å². The number of esters is 1. The van der Waals surface area contributed by atoms with Gasteiger partial charge < -0.3 is 95.1 Å². The first kappa shape index (κ1) is 62.4. The van der Waals surface area contributed by atoms with Crippen molar-refractivity contribution in [2.75, 3.05) is 251 Å². The molecule has 0 aromatic carbocycles. The van der Waals surface area contributed by atoms with Crippen molar-refractivity contribution in [3.63, 3.8) is 0 Å². The molecule has 0 aliphatic rings. The highest BCUT2D eigenvalue weighted by atomic mass is 16.6. The second-order valence-electron chi connectivity index (χ2n) is 13.1. The number of rotatable bonds is 57. The van der Waals surface area contributed by atoms with E-state index in [-0.39, 0.29) is 19.2 Å². The van der Waals surface area contributed by atoms with Crippen molar-refractivity contribution in [1.82, 2.24) is 0 Å². The molecule has 0 bridgehead atoms. The Balaban J connectivity index is 3.09. The van der Waals surface area contributed by atoms with Crippen LogP contribution in [0.4, 0.5) is 0 Å². The summed E-state index contributed by atoms with van der Waals surface area (Å²) in [6.07, 6.45) is 1.44. The van der Waals surface area contributed by atoms with Gasteiger partial charge in [-0.2, -0.15) is 0 Å². The molecular weight excluding hydrogens is 852 g/mol. The van der Waals surface area contributed by atoms with Crippen molar-refractivity contribution in [3.8, 4) is 0 Å². The number of aliphatic hydroxyl groups excluding tert-OH is 1. The van der Waals surface area contributed by atoms with E-state index in [0.717, 1.165) is 5.57 Å². The normalized spacial score (nSPS) is 11.5. The Bertz CT molecular complexity index is 918. The van der Waals surface area contributed by atoms with E-state index in [4.69, 9.17) is 95.1 Å². The van der Waals surface area contributed by atoms with Crippen LogP contribution in [0.15, 0.2) is 11.6 Å². The molecule has 0 saturated heterocycles. The molecule has 0 saturated carbocycles. The first-order valence-electron chi connectivity index (χ1n) is 22.5.